The number of anilines is 1. The maximum absolute atomic E-state index is 13.5. The molecule has 0 aromatic heterocycles. The van der Waals surface area contributed by atoms with Crippen molar-refractivity contribution >= 4 is 5.69 Å². The highest BCUT2D eigenvalue weighted by molar-refractivity contribution is 5.56. The Labute approximate surface area is 115 Å². The normalized spacial score (nSPS) is 17.3. The Morgan fingerprint density at radius 1 is 1.15 bits per heavy atom. The molecular weight excluding hydrogens is 272 g/mol. The van der Waals surface area contributed by atoms with E-state index >= 15 is 0 Å². The van der Waals surface area contributed by atoms with Crippen molar-refractivity contribution in [3.63, 3.8) is 0 Å². The molecule has 1 heterocycles. The van der Waals surface area contributed by atoms with Gasteiger partial charge in [-0.1, -0.05) is 12.1 Å². The van der Waals surface area contributed by atoms with E-state index in [9.17, 15) is 17.6 Å². The topological polar surface area (TPSA) is 6.48 Å². The number of hydrogen-bond donors (Lipinski definition) is 0. The van der Waals surface area contributed by atoms with Crippen molar-refractivity contribution < 1.29 is 17.6 Å². The second-order valence-corrected chi connectivity index (χ2v) is 4.71. The first kappa shape index (κ1) is 14.8. The lowest BCUT2D eigenvalue weighted by molar-refractivity contribution is -0.139. The van der Waals surface area contributed by atoms with Crippen LogP contribution >= 0.6 is 0 Å². The summed E-state index contributed by atoms with van der Waals surface area (Å²) in [6, 6.07) is 3.49. The molecule has 2 rings (SSSR count). The standard InChI is InChI=1S/C14H16F4N2/c1-2-6-19-7-9-20(10-8-19)12-5-3-4-11(15)13(12)14(16,17)18/h2-5H,1,6-10H2. The van der Waals surface area contributed by atoms with Crippen molar-refractivity contribution in [2.24, 2.45) is 0 Å². The van der Waals surface area contributed by atoms with Crippen LogP contribution in [0.2, 0.25) is 0 Å². The van der Waals surface area contributed by atoms with E-state index in [0.717, 1.165) is 6.07 Å². The van der Waals surface area contributed by atoms with Crippen molar-refractivity contribution in [2.75, 3.05) is 37.6 Å². The van der Waals surface area contributed by atoms with Crippen LogP contribution in [0.1, 0.15) is 5.56 Å². The van der Waals surface area contributed by atoms with Crippen LogP contribution in [0.25, 0.3) is 0 Å². The van der Waals surface area contributed by atoms with E-state index in [1.54, 1.807) is 11.0 Å². The SMILES string of the molecule is C=CCN1CCN(c2cccc(F)c2C(F)(F)F)CC1. The van der Waals surface area contributed by atoms with E-state index in [2.05, 4.69) is 11.5 Å². The van der Waals surface area contributed by atoms with Gasteiger partial charge in [0.25, 0.3) is 0 Å². The number of piperazine rings is 1. The summed E-state index contributed by atoms with van der Waals surface area (Å²) in [6.45, 7) is 6.51. The van der Waals surface area contributed by atoms with Crippen LogP contribution < -0.4 is 4.90 Å². The van der Waals surface area contributed by atoms with Crippen LogP contribution in [0.3, 0.4) is 0 Å². The number of rotatable bonds is 3. The Balaban J connectivity index is 2.22. The molecule has 0 spiro atoms. The van der Waals surface area contributed by atoms with Gasteiger partial charge in [0.1, 0.15) is 11.4 Å². The number of nitrogens with zero attached hydrogens (tertiary/aromatic N) is 2. The number of alkyl halides is 3. The maximum atomic E-state index is 13.5. The zero-order valence-electron chi connectivity index (χ0n) is 11.0. The average molecular weight is 288 g/mol. The minimum absolute atomic E-state index is 0.0734. The molecule has 0 aliphatic carbocycles. The Kier molecular flexibility index (Phi) is 4.32. The van der Waals surface area contributed by atoms with Gasteiger partial charge < -0.3 is 4.90 Å². The van der Waals surface area contributed by atoms with E-state index in [1.165, 1.54) is 12.1 Å². The van der Waals surface area contributed by atoms with Gasteiger partial charge in [-0.25, -0.2) is 4.39 Å². The fraction of sp³-hybridized carbons (Fsp3) is 0.429. The van der Waals surface area contributed by atoms with Crippen LogP contribution in [0, 0.1) is 5.82 Å². The highest BCUT2D eigenvalue weighted by Gasteiger charge is 2.38. The number of halogens is 4. The molecule has 1 aliphatic rings. The van der Waals surface area contributed by atoms with Crippen LogP contribution in [-0.4, -0.2) is 37.6 Å². The van der Waals surface area contributed by atoms with Gasteiger partial charge in [0.15, 0.2) is 0 Å². The molecule has 1 aromatic rings. The molecule has 1 aromatic carbocycles. The summed E-state index contributed by atoms with van der Waals surface area (Å²) in [4.78, 5) is 3.68. The van der Waals surface area contributed by atoms with Gasteiger partial charge in [0.05, 0.1) is 5.69 Å². The molecular formula is C14H16F4N2. The molecule has 0 radical (unpaired) electrons. The summed E-state index contributed by atoms with van der Waals surface area (Å²) in [6.07, 6.45) is -2.92. The molecule has 1 saturated heterocycles. The molecule has 0 N–H and O–H groups in total. The lowest BCUT2D eigenvalue weighted by Crippen LogP contribution is -2.46. The lowest BCUT2D eigenvalue weighted by atomic mass is 10.1. The minimum atomic E-state index is -4.68. The van der Waals surface area contributed by atoms with Crippen LogP contribution in [0.15, 0.2) is 30.9 Å². The first-order valence-corrected chi connectivity index (χ1v) is 6.37. The highest BCUT2D eigenvalue weighted by atomic mass is 19.4. The van der Waals surface area contributed by atoms with Gasteiger partial charge in [-0.2, -0.15) is 13.2 Å². The molecule has 20 heavy (non-hydrogen) atoms. The van der Waals surface area contributed by atoms with Gasteiger partial charge in [-0.05, 0) is 12.1 Å². The summed E-state index contributed by atoms with van der Waals surface area (Å²) < 4.78 is 52.4. The van der Waals surface area contributed by atoms with Crippen LogP contribution in [-0.2, 0) is 6.18 Å². The van der Waals surface area contributed by atoms with Crippen molar-refractivity contribution in [3.8, 4) is 0 Å². The number of benzene rings is 1. The second kappa shape index (κ2) is 5.83. The third kappa shape index (κ3) is 3.12. The lowest BCUT2D eigenvalue weighted by Gasteiger charge is -2.36. The Hall–Kier alpha value is -1.56. The van der Waals surface area contributed by atoms with Gasteiger partial charge in [0, 0.05) is 32.7 Å². The highest BCUT2D eigenvalue weighted by Crippen LogP contribution is 2.38. The van der Waals surface area contributed by atoms with E-state index in [1.807, 2.05) is 0 Å². The van der Waals surface area contributed by atoms with Gasteiger partial charge in [-0.3, -0.25) is 4.90 Å². The molecule has 6 heteroatoms. The number of hydrogen-bond acceptors (Lipinski definition) is 2. The predicted molar refractivity (Wildman–Crippen MR) is 70.3 cm³/mol. The predicted octanol–water partition coefficient (Wildman–Crippen LogP) is 3.15. The molecule has 110 valence electrons. The first-order chi connectivity index (χ1) is 9.43. The summed E-state index contributed by atoms with van der Waals surface area (Å²) in [5, 5.41) is 0. The fourth-order valence-electron chi connectivity index (χ4n) is 2.41. The molecule has 0 bridgehead atoms. The largest absolute Gasteiger partial charge is 0.421 e. The summed E-state index contributed by atoms with van der Waals surface area (Å²) in [5.41, 5.74) is -1.24. The molecule has 2 nitrogen and oxygen atoms in total. The van der Waals surface area contributed by atoms with Crippen LogP contribution in [0.4, 0.5) is 23.2 Å². The van der Waals surface area contributed by atoms with E-state index < -0.39 is 17.6 Å². The van der Waals surface area contributed by atoms with Crippen LogP contribution in [0.5, 0.6) is 0 Å². The molecule has 0 amide bonds. The van der Waals surface area contributed by atoms with Crippen molar-refractivity contribution in [1.29, 1.82) is 0 Å². The quantitative estimate of drug-likeness (QED) is 0.623. The summed E-state index contributed by atoms with van der Waals surface area (Å²) in [5.74, 6) is -1.22. The molecule has 0 unspecified atom stereocenters. The molecule has 0 saturated carbocycles. The summed E-state index contributed by atoms with van der Waals surface area (Å²) in [7, 11) is 0. The minimum Gasteiger partial charge on any atom is -0.368 e. The van der Waals surface area contributed by atoms with E-state index in [-0.39, 0.29) is 5.69 Å². The van der Waals surface area contributed by atoms with Gasteiger partial charge in [-0.15, -0.1) is 6.58 Å². The maximum Gasteiger partial charge on any atom is 0.421 e. The van der Waals surface area contributed by atoms with E-state index in [0.29, 0.717) is 32.7 Å². The zero-order valence-corrected chi connectivity index (χ0v) is 11.0. The molecule has 0 atom stereocenters. The molecule has 1 aliphatic heterocycles. The Bertz CT molecular complexity index is 477. The summed E-state index contributed by atoms with van der Waals surface area (Å²) >= 11 is 0. The smallest absolute Gasteiger partial charge is 0.368 e. The van der Waals surface area contributed by atoms with Crippen molar-refractivity contribution in [3.05, 3.63) is 42.2 Å². The second-order valence-electron chi connectivity index (χ2n) is 4.71. The Morgan fingerprint density at radius 3 is 2.35 bits per heavy atom. The average Bonchev–Trinajstić information content (AvgIpc) is 2.38. The Morgan fingerprint density at radius 2 is 1.80 bits per heavy atom. The molecule has 1 fully saturated rings. The van der Waals surface area contributed by atoms with Gasteiger partial charge >= 0.3 is 6.18 Å². The first-order valence-electron chi connectivity index (χ1n) is 6.37. The third-order valence-electron chi connectivity index (χ3n) is 3.38. The van der Waals surface area contributed by atoms with Gasteiger partial charge in [0.2, 0.25) is 0 Å². The van der Waals surface area contributed by atoms with Crippen molar-refractivity contribution in [2.45, 2.75) is 6.18 Å². The monoisotopic (exact) mass is 288 g/mol. The zero-order chi connectivity index (χ0) is 14.8. The van der Waals surface area contributed by atoms with E-state index in [4.69, 9.17) is 0 Å². The third-order valence-corrected chi connectivity index (χ3v) is 3.38. The van der Waals surface area contributed by atoms with Crippen molar-refractivity contribution in [1.82, 2.24) is 4.90 Å². The fourth-order valence-corrected chi connectivity index (χ4v) is 2.41.